The second kappa shape index (κ2) is 14.0. The van der Waals surface area contributed by atoms with Gasteiger partial charge in [0.2, 0.25) is 0 Å². The maximum atomic E-state index is 7.65. The highest BCUT2D eigenvalue weighted by molar-refractivity contribution is 9.11. The van der Waals surface area contributed by atoms with E-state index in [1.165, 1.54) is 104 Å². The molecule has 0 saturated carbocycles. The molecule has 5 heteroatoms. The second-order valence-corrected chi connectivity index (χ2v) is 26.6. The standard InChI is InChI=1S/C62H63Br2N3/c1-58(2,3)32-16-18-51-39(20-32)45-24-35(61(10,11)12)26-47-41-28-49(63)37(30-53(41)66(51)56(45)47)43-22-34(60(7,8)9)23-44(55(43)65)38-31-54-42(29-50(38)64)48-27-36(62(13,14)15)25-46-40-21-33(59(4,5)6)17-19-52(40)67(54)57(46)48/h16-31H,65H2,1-15H3. The van der Waals surface area contributed by atoms with Gasteiger partial charge < -0.3 is 14.5 Å². The first-order chi connectivity index (χ1) is 31.1. The molecular weight excluding hydrogens is 947 g/mol. The minimum absolute atomic E-state index is 0.0147. The molecule has 0 radical (unpaired) electrons. The molecule has 0 aliphatic carbocycles. The van der Waals surface area contributed by atoms with Crippen LogP contribution in [0.25, 0.3) is 98.4 Å². The van der Waals surface area contributed by atoms with Crippen LogP contribution in [0.4, 0.5) is 5.69 Å². The van der Waals surface area contributed by atoms with Crippen LogP contribution >= 0.6 is 31.9 Å². The summed E-state index contributed by atoms with van der Waals surface area (Å²) in [6.45, 7) is 34.7. The molecule has 0 aliphatic heterocycles. The summed E-state index contributed by atoms with van der Waals surface area (Å²) >= 11 is 8.33. The highest BCUT2D eigenvalue weighted by Gasteiger charge is 2.29. The highest BCUT2D eigenvalue weighted by Crippen LogP contribution is 2.50. The van der Waals surface area contributed by atoms with Crippen LogP contribution < -0.4 is 5.73 Å². The third kappa shape index (κ3) is 6.60. The average Bonchev–Trinajstić information content (AvgIpc) is 3.94. The second-order valence-electron chi connectivity index (χ2n) is 24.9. The lowest BCUT2D eigenvalue weighted by atomic mass is 9.82. The van der Waals surface area contributed by atoms with Crippen molar-refractivity contribution in [1.82, 2.24) is 8.80 Å². The fourth-order valence-electron chi connectivity index (χ4n) is 10.9. The smallest absolute Gasteiger partial charge is 0.0620 e. The first-order valence-electron chi connectivity index (χ1n) is 24.0. The van der Waals surface area contributed by atoms with Gasteiger partial charge in [-0.15, -0.1) is 0 Å². The lowest BCUT2D eigenvalue weighted by molar-refractivity contribution is 0.590. The van der Waals surface area contributed by atoms with E-state index in [0.717, 1.165) is 36.9 Å². The van der Waals surface area contributed by atoms with Crippen molar-refractivity contribution >= 4 is 114 Å². The molecule has 0 unspecified atom stereocenters. The van der Waals surface area contributed by atoms with E-state index in [4.69, 9.17) is 5.73 Å². The zero-order valence-corrected chi connectivity index (χ0v) is 45.1. The first-order valence-corrected chi connectivity index (χ1v) is 25.6. The normalized spacial score (nSPS) is 13.8. The molecular formula is C62H63Br2N3. The van der Waals surface area contributed by atoms with Gasteiger partial charge in [0.05, 0.1) is 33.1 Å². The number of nitrogen functional groups attached to an aromatic ring is 1. The van der Waals surface area contributed by atoms with Gasteiger partial charge in [-0.1, -0.05) is 148 Å². The molecule has 7 aromatic carbocycles. The molecule has 11 rings (SSSR count). The van der Waals surface area contributed by atoms with Gasteiger partial charge in [0.1, 0.15) is 0 Å². The topological polar surface area (TPSA) is 34.8 Å². The van der Waals surface area contributed by atoms with Gasteiger partial charge in [-0.3, -0.25) is 0 Å². The lowest BCUT2D eigenvalue weighted by Crippen LogP contribution is -2.12. The third-order valence-electron chi connectivity index (χ3n) is 15.0. The maximum absolute atomic E-state index is 7.65. The zero-order chi connectivity index (χ0) is 48.0. The van der Waals surface area contributed by atoms with Crippen molar-refractivity contribution in [3.63, 3.8) is 0 Å². The SMILES string of the molecule is CC(C)(C)c1cc(-c2cc3c(cc2Br)c2cc(C(C)(C)C)cc4c5cc(C(C)(C)C)ccc5n3c42)c(N)c(-c2cc3c(cc2Br)c2cc(C(C)(C)C)cc4c5cc(C(C)(C)C)ccc5n3c42)c1. The highest BCUT2D eigenvalue weighted by atomic mass is 79.9. The van der Waals surface area contributed by atoms with E-state index in [-0.39, 0.29) is 27.1 Å². The van der Waals surface area contributed by atoms with Gasteiger partial charge in [-0.05, 0) is 140 Å². The van der Waals surface area contributed by atoms with Gasteiger partial charge in [-0.2, -0.15) is 0 Å². The van der Waals surface area contributed by atoms with Gasteiger partial charge in [-0.25, -0.2) is 0 Å². The van der Waals surface area contributed by atoms with Crippen LogP contribution in [-0.4, -0.2) is 8.80 Å². The maximum Gasteiger partial charge on any atom is 0.0620 e. The molecule has 0 fully saturated rings. The molecule has 11 aromatic rings. The van der Waals surface area contributed by atoms with Crippen molar-refractivity contribution in [2.75, 3.05) is 5.73 Å². The fourth-order valence-corrected chi connectivity index (χ4v) is 12.0. The van der Waals surface area contributed by atoms with Gasteiger partial charge in [0.15, 0.2) is 0 Å². The largest absolute Gasteiger partial charge is 0.398 e. The molecule has 0 aliphatic rings. The monoisotopic (exact) mass is 1010 g/mol. The number of benzene rings is 7. The quantitative estimate of drug-likeness (QED) is 0.172. The van der Waals surface area contributed by atoms with Crippen molar-refractivity contribution in [1.29, 1.82) is 0 Å². The Bertz CT molecular complexity index is 3650. The van der Waals surface area contributed by atoms with E-state index < -0.39 is 0 Å². The van der Waals surface area contributed by atoms with E-state index in [1.807, 2.05) is 0 Å². The molecule has 0 saturated heterocycles. The number of hydrogen-bond acceptors (Lipinski definition) is 1. The van der Waals surface area contributed by atoms with E-state index in [1.54, 1.807) is 0 Å². The number of hydrogen-bond donors (Lipinski definition) is 1. The number of aromatic nitrogens is 2. The van der Waals surface area contributed by atoms with Gasteiger partial charge in [0, 0.05) is 80.0 Å². The Hall–Kier alpha value is -5.10. The van der Waals surface area contributed by atoms with Crippen LogP contribution in [-0.2, 0) is 27.1 Å². The predicted octanol–water partition coefficient (Wildman–Crippen LogP) is 18.9. The number of nitrogens with zero attached hydrogens (tertiary/aromatic N) is 2. The third-order valence-corrected chi connectivity index (χ3v) is 16.4. The summed E-state index contributed by atoms with van der Waals surface area (Å²) in [7, 11) is 0. The van der Waals surface area contributed by atoms with Crippen molar-refractivity contribution < 1.29 is 0 Å². The Morgan fingerprint density at radius 1 is 0.313 bits per heavy atom. The molecule has 67 heavy (non-hydrogen) atoms. The molecule has 0 atom stereocenters. The summed E-state index contributed by atoms with van der Waals surface area (Å²) in [6.07, 6.45) is 0. The van der Waals surface area contributed by atoms with Crippen molar-refractivity contribution in [3.05, 3.63) is 134 Å². The van der Waals surface area contributed by atoms with Crippen molar-refractivity contribution in [3.8, 4) is 22.3 Å². The van der Waals surface area contributed by atoms with E-state index in [9.17, 15) is 0 Å². The Balaban J connectivity index is 1.20. The van der Waals surface area contributed by atoms with E-state index in [0.29, 0.717) is 0 Å². The molecule has 0 spiro atoms. The van der Waals surface area contributed by atoms with Crippen LogP contribution in [0.3, 0.4) is 0 Å². The van der Waals surface area contributed by atoms with Crippen LogP contribution in [0.2, 0.25) is 0 Å². The van der Waals surface area contributed by atoms with Gasteiger partial charge in [0.25, 0.3) is 0 Å². The predicted molar refractivity (Wildman–Crippen MR) is 300 cm³/mol. The fraction of sp³-hybridized carbons (Fsp3) is 0.323. The summed E-state index contributed by atoms with van der Waals surface area (Å²) in [5.74, 6) is 0. The van der Waals surface area contributed by atoms with Crippen molar-refractivity contribution in [2.45, 2.75) is 131 Å². The zero-order valence-electron chi connectivity index (χ0n) is 42.0. The summed E-state index contributed by atoms with van der Waals surface area (Å²) in [4.78, 5) is 0. The number of nitrogens with two attached hydrogens (primary N) is 1. The van der Waals surface area contributed by atoms with Crippen LogP contribution in [0.1, 0.15) is 132 Å². The van der Waals surface area contributed by atoms with Crippen molar-refractivity contribution in [2.24, 2.45) is 0 Å². The summed E-state index contributed by atoms with van der Waals surface area (Å²) in [5, 5.41) is 10.3. The van der Waals surface area contributed by atoms with Gasteiger partial charge >= 0.3 is 0 Å². The summed E-state index contributed by atoms with van der Waals surface area (Å²) in [5.41, 5.74) is 26.5. The molecule has 0 amide bonds. The molecule has 2 N–H and O–H groups in total. The Kier molecular flexibility index (Phi) is 9.28. The van der Waals surface area contributed by atoms with Crippen LogP contribution in [0.15, 0.2) is 106 Å². The Morgan fingerprint density at radius 2 is 0.597 bits per heavy atom. The summed E-state index contributed by atoms with van der Waals surface area (Å²) in [6, 6.07) is 38.1. The van der Waals surface area contributed by atoms with Crippen LogP contribution in [0.5, 0.6) is 0 Å². The minimum Gasteiger partial charge on any atom is -0.398 e. The van der Waals surface area contributed by atoms with E-state index in [2.05, 4.69) is 242 Å². The number of anilines is 1. The molecule has 340 valence electrons. The van der Waals surface area contributed by atoms with E-state index >= 15 is 0 Å². The molecule has 4 heterocycles. The summed E-state index contributed by atoms with van der Waals surface area (Å²) < 4.78 is 7.09. The molecule has 4 aromatic heterocycles. The minimum atomic E-state index is -0.149. The Morgan fingerprint density at radius 3 is 0.910 bits per heavy atom. The number of fused-ring (bicyclic) bond motifs is 12. The Labute approximate surface area is 412 Å². The first kappa shape index (κ1) is 44.4. The molecule has 3 nitrogen and oxygen atoms in total. The number of halogens is 2. The number of rotatable bonds is 2. The average molecular weight is 1010 g/mol. The molecule has 0 bridgehead atoms. The van der Waals surface area contributed by atoms with Crippen LogP contribution in [0, 0.1) is 0 Å². The lowest BCUT2D eigenvalue weighted by Gasteiger charge is -2.24.